The number of halogens is 1. The van der Waals surface area contributed by atoms with Crippen LogP contribution in [0.25, 0.3) is 0 Å². The molecule has 8 heteroatoms. The fraction of sp³-hybridized carbons (Fsp3) is 0.0714. The van der Waals surface area contributed by atoms with Gasteiger partial charge in [-0.25, -0.2) is 4.79 Å². The minimum absolute atomic E-state index is 0.0748. The Balaban J connectivity index is 2.03. The molecule has 0 aliphatic heterocycles. The highest BCUT2D eigenvalue weighted by Gasteiger charge is 2.16. The van der Waals surface area contributed by atoms with Gasteiger partial charge in [0.05, 0.1) is 5.02 Å². The van der Waals surface area contributed by atoms with Crippen molar-refractivity contribution in [1.29, 1.82) is 0 Å². The van der Waals surface area contributed by atoms with Crippen molar-refractivity contribution in [3.63, 3.8) is 0 Å². The lowest BCUT2D eigenvalue weighted by molar-refractivity contribution is 0.155. The van der Waals surface area contributed by atoms with Gasteiger partial charge >= 0.3 is 6.09 Å². The Bertz CT molecular complexity index is 777. The van der Waals surface area contributed by atoms with Gasteiger partial charge in [-0.2, -0.15) is 8.42 Å². The molecule has 0 radical (unpaired) electrons. The molecule has 0 unspecified atom stereocenters. The van der Waals surface area contributed by atoms with Crippen LogP contribution < -0.4 is 5.32 Å². The van der Waals surface area contributed by atoms with Gasteiger partial charge in [0.1, 0.15) is 11.5 Å². The van der Waals surface area contributed by atoms with Crippen molar-refractivity contribution >= 4 is 33.5 Å². The second kappa shape index (κ2) is 6.78. The third-order valence-corrected chi connectivity index (χ3v) is 4.00. The molecule has 0 atom stereocenters. The van der Waals surface area contributed by atoms with Crippen LogP contribution in [0.4, 0.5) is 10.5 Å². The lowest BCUT2D eigenvalue weighted by atomic mass is 10.2. The number of nitrogens with one attached hydrogen (secondary N) is 1. The molecule has 0 fully saturated rings. The molecule has 2 aromatic rings. The van der Waals surface area contributed by atoms with Gasteiger partial charge < -0.3 is 4.74 Å². The molecule has 0 aliphatic carbocycles. The Morgan fingerprint density at radius 2 is 1.86 bits per heavy atom. The summed E-state index contributed by atoms with van der Waals surface area (Å²) in [4.78, 5) is 11.2. The Morgan fingerprint density at radius 3 is 2.50 bits per heavy atom. The van der Waals surface area contributed by atoms with Crippen LogP contribution in [0.2, 0.25) is 5.02 Å². The van der Waals surface area contributed by atoms with Crippen molar-refractivity contribution < 1.29 is 22.5 Å². The second-order valence-corrected chi connectivity index (χ2v) is 6.10. The highest BCUT2D eigenvalue weighted by atomic mass is 35.5. The molecule has 2 N–H and O–H groups in total. The first kappa shape index (κ1) is 16.3. The van der Waals surface area contributed by atoms with Gasteiger partial charge in [-0.3, -0.25) is 9.87 Å². The number of ether oxygens (including phenoxy) is 1. The van der Waals surface area contributed by atoms with Crippen LogP contribution in [0, 0.1) is 0 Å². The number of hydrogen-bond acceptors (Lipinski definition) is 4. The van der Waals surface area contributed by atoms with Crippen LogP contribution in [0.1, 0.15) is 5.56 Å². The van der Waals surface area contributed by atoms with Crippen molar-refractivity contribution in [2.45, 2.75) is 11.5 Å². The van der Waals surface area contributed by atoms with E-state index in [-0.39, 0.29) is 17.3 Å². The summed E-state index contributed by atoms with van der Waals surface area (Å²) in [5.74, 6) is 0. The molecule has 116 valence electrons. The van der Waals surface area contributed by atoms with Gasteiger partial charge in [0.25, 0.3) is 10.1 Å². The molecule has 0 heterocycles. The largest absolute Gasteiger partial charge is 0.444 e. The maximum absolute atomic E-state index is 11.7. The monoisotopic (exact) mass is 341 g/mol. The van der Waals surface area contributed by atoms with Crippen molar-refractivity contribution in [2.24, 2.45) is 0 Å². The van der Waals surface area contributed by atoms with Gasteiger partial charge in [-0.05, 0) is 23.8 Å². The zero-order valence-corrected chi connectivity index (χ0v) is 12.8. The van der Waals surface area contributed by atoms with Gasteiger partial charge in [-0.15, -0.1) is 0 Å². The maximum atomic E-state index is 11.7. The number of carbonyl (C=O) groups excluding carboxylic acids is 1. The summed E-state index contributed by atoms with van der Waals surface area (Å²) in [6.07, 6.45) is -0.757. The van der Waals surface area contributed by atoms with Crippen molar-refractivity contribution in [2.75, 3.05) is 5.32 Å². The normalized spacial score (nSPS) is 11.0. The summed E-state index contributed by atoms with van der Waals surface area (Å²) < 4.78 is 36.3. The van der Waals surface area contributed by atoms with E-state index in [0.29, 0.717) is 0 Å². The summed E-state index contributed by atoms with van der Waals surface area (Å²) in [6.45, 7) is 0.0748. The van der Waals surface area contributed by atoms with Crippen molar-refractivity contribution in [3.8, 4) is 0 Å². The van der Waals surface area contributed by atoms with Crippen LogP contribution in [0.5, 0.6) is 0 Å². The van der Waals surface area contributed by atoms with E-state index in [2.05, 4.69) is 5.32 Å². The quantitative estimate of drug-likeness (QED) is 0.832. The Labute approximate surface area is 132 Å². The highest BCUT2D eigenvalue weighted by molar-refractivity contribution is 7.86. The number of hydrogen-bond donors (Lipinski definition) is 2. The fourth-order valence-electron chi connectivity index (χ4n) is 1.66. The third-order valence-electron chi connectivity index (χ3n) is 2.67. The van der Waals surface area contributed by atoms with Gasteiger partial charge in [0.15, 0.2) is 0 Å². The zero-order valence-electron chi connectivity index (χ0n) is 11.2. The number of carbonyl (C=O) groups is 1. The highest BCUT2D eigenvalue weighted by Crippen LogP contribution is 2.24. The first-order chi connectivity index (χ1) is 10.4. The Morgan fingerprint density at radius 1 is 1.18 bits per heavy atom. The molecule has 1 amide bonds. The lowest BCUT2D eigenvalue weighted by Crippen LogP contribution is -2.14. The average Bonchev–Trinajstić information content (AvgIpc) is 2.47. The molecule has 0 aromatic heterocycles. The van der Waals surface area contributed by atoms with Crippen LogP contribution >= 0.6 is 11.6 Å². The summed E-state index contributed by atoms with van der Waals surface area (Å²) in [5, 5.41) is 2.21. The third kappa shape index (κ3) is 4.45. The molecule has 0 saturated heterocycles. The van der Waals surface area contributed by atoms with Gasteiger partial charge in [0, 0.05) is 5.69 Å². The van der Waals surface area contributed by atoms with Crippen LogP contribution in [-0.2, 0) is 21.5 Å². The summed E-state index contributed by atoms with van der Waals surface area (Å²) in [5.41, 5.74) is 0.947. The smallest absolute Gasteiger partial charge is 0.411 e. The predicted octanol–water partition coefficient (Wildman–Crippen LogP) is 3.34. The minimum Gasteiger partial charge on any atom is -0.444 e. The Kier molecular flexibility index (Phi) is 5.02. The maximum Gasteiger partial charge on any atom is 0.411 e. The number of amides is 1. The zero-order chi connectivity index (χ0) is 16.2. The molecule has 0 spiro atoms. The second-order valence-electron chi connectivity index (χ2n) is 4.31. The molecular formula is C14H12ClNO5S. The fourth-order valence-corrected chi connectivity index (χ4v) is 2.66. The van der Waals surface area contributed by atoms with E-state index >= 15 is 0 Å². The van der Waals surface area contributed by atoms with Crippen molar-refractivity contribution in [1.82, 2.24) is 0 Å². The molecule has 0 saturated carbocycles. The van der Waals surface area contributed by atoms with E-state index < -0.39 is 21.1 Å². The molecule has 22 heavy (non-hydrogen) atoms. The van der Waals surface area contributed by atoms with Gasteiger partial charge in [-0.1, -0.05) is 41.9 Å². The van der Waals surface area contributed by atoms with E-state index in [9.17, 15) is 13.2 Å². The molecule has 2 rings (SSSR count). The van der Waals surface area contributed by atoms with E-state index in [1.54, 1.807) is 12.1 Å². The predicted molar refractivity (Wildman–Crippen MR) is 81.5 cm³/mol. The first-order valence-corrected chi connectivity index (χ1v) is 7.93. The van der Waals surface area contributed by atoms with E-state index in [0.717, 1.165) is 11.6 Å². The molecule has 0 bridgehead atoms. The summed E-state index contributed by atoms with van der Waals surface area (Å²) >= 11 is 5.68. The summed E-state index contributed by atoms with van der Waals surface area (Å²) in [6, 6.07) is 12.7. The van der Waals surface area contributed by atoms with Crippen LogP contribution in [-0.4, -0.2) is 19.1 Å². The Hall–Kier alpha value is -2.09. The van der Waals surface area contributed by atoms with Crippen molar-refractivity contribution in [3.05, 3.63) is 59.1 Å². The van der Waals surface area contributed by atoms with Gasteiger partial charge in [0.2, 0.25) is 0 Å². The molecule has 0 aliphatic rings. The lowest BCUT2D eigenvalue weighted by Gasteiger charge is -2.08. The molecule has 6 nitrogen and oxygen atoms in total. The minimum atomic E-state index is -4.47. The molecular weight excluding hydrogens is 330 g/mol. The van der Waals surface area contributed by atoms with E-state index in [4.69, 9.17) is 20.9 Å². The topological polar surface area (TPSA) is 92.7 Å². The summed E-state index contributed by atoms with van der Waals surface area (Å²) in [7, 11) is -4.47. The van der Waals surface area contributed by atoms with Crippen LogP contribution in [0.15, 0.2) is 53.4 Å². The first-order valence-electron chi connectivity index (χ1n) is 6.11. The number of rotatable bonds is 4. The average molecular weight is 342 g/mol. The molecule has 2 aromatic carbocycles. The number of benzene rings is 2. The number of anilines is 1. The standard InChI is InChI=1S/C14H12ClNO5S/c15-12-7-6-11(8-13(12)22(18,19)20)16-14(17)21-9-10-4-2-1-3-5-10/h1-8H,9H2,(H,16,17)(H,18,19,20). The van der Waals surface area contributed by atoms with E-state index in [1.165, 1.54) is 12.1 Å². The van der Waals surface area contributed by atoms with Crippen LogP contribution in [0.3, 0.4) is 0 Å². The SMILES string of the molecule is O=C(Nc1ccc(Cl)c(S(=O)(=O)O)c1)OCc1ccccc1. The van der Waals surface area contributed by atoms with E-state index in [1.807, 2.05) is 18.2 Å².